The zero-order valence-electron chi connectivity index (χ0n) is 15.3. The maximum absolute atomic E-state index is 13.1. The van der Waals surface area contributed by atoms with Gasteiger partial charge >= 0.3 is 12.4 Å². The van der Waals surface area contributed by atoms with Crippen LogP contribution in [0.25, 0.3) is 5.65 Å². The van der Waals surface area contributed by atoms with Gasteiger partial charge in [0.05, 0.1) is 6.54 Å². The lowest BCUT2D eigenvalue weighted by Crippen LogP contribution is -2.41. The van der Waals surface area contributed by atoms with Crippen molar-refractivity contribution in [1.82, 2.24) is 24.7 Å². The monoisotopic (exact) mass is 410 g/mol. The van der Waals surface area contributed by atoms with E-state index in [2.05, 4.69) is 20.6 Å². The van der Waals surface area contributed by atoms with Crippen LogP contribution in [0.4, 0.5) is 32.2 Å². The Labute approximate surface area is 156 Å². The summed E-state index contributed by atoms with van der Waals surface area (Å²) in [7, 11) is 0. The molecular formula is C16H20F6N6. The van der Waals surface area contributed by atoms with E-state index in [1.54, 1.807) is 13.8 Å². The third-order valence-corrected chi connectivity index (χ3v) is 5.02. The number of piperidine rings is 1. The molecule has 0 aromatic carbocycles. The van der Waals surface area contributed by atoms with Crippen LogP contribution < -0.4 is 5.32 Å². The number of nitrogens with one attached hydrogen (secondary N) is 1. The summed E-state index contributed by atoms with van der Waals surface area (Å²) in [6.45, 7) is 3.53. The predicted octanol–water partition coefficient (Wildman–Crippen LogP) is 3.45. The Kier molecular flexibility index (Phi) is 5.43. The van der Waals surface area contributed by atoms with Crippen molar-refractivity contribution in [2.75, 3.05) is 31.5 Å². The first-order valence-corrected chi connectivity index (χ1v) is 8.78. The molecular weight excluding hydrogens is 390 g/mol. The van der Waals surface area contributed by atoms with Crippen molar-refractivity contribution in [3.63, 3.8) is 0 Å². The Morgan fingerprint density at radius 1 is 1.00 bits per heavy atom. The van der Waals surface area contributed by atoms with Gasteiger partial charge in [-0.25, -0.2) is 0 Å². The second kappa shape index (κ2) is 7.37. The zero-order valence-corrected chi connectivity index (χ0v) is 15.3. The van der Waals surface area contributed by atoms with Gasteiger partial charge in [-0.1, -0.05) is 0 Å². The summed E-state index contributed by atoms with van der Waals surface area (Å²) in [5.74, 6) is -0.799. The number of alkyl halides is 6. The second-order valence-electron chi connectivity index (χ2n) is 7.07. The molecule has 0 bridgehead atoms. The molecule has 0 aliphatic carbocycles. The van der Waals surface area contributed by atoms with E-state index in [1.165, 1.54) is 4.90 Å². The van der Waals surface area contributed by atoms with E-state index in [0.717, 1.165) is 0 Å². The average molecular weight is 410 g/mol. The number of hydrogen-bond donors (Lipinski definition) is 1. The lowest BCUT2D eigenvalue weighted by Gasteiger charge is -2.32. The van der Waals surface area contributed by atoms with Gasteiger partial charge in [0.15, 0.2) is 5.65 Å². The molecule has 3 heterocycles. The topological polar surface area (TPSA) is 58.4 Å². The summed E-state index contributed by atoms with van der Waals surface area (Å²) in [6, 6.07) is 0. The number of fused-ring (bicyclic) bond motifs is 1. The molecule has 0 spiro atoms. The number of hydrogen-bond acceptors (Lipinski definition) is 5. The van der Waals surface area contributed by atoms with E-state index in [1.807, 2.05) is 0 Å². The average Bonchev–Trinajstić information content (AvgIpc) is 3.01. The highest BCUT2D eigenvalue weighted by Gasteiger charge is 2.38. The van der Waals surface area contributed by atoms with Crippen LogP contribution in [0.5, 0.6) is 0 Å². The van der Waals surface area contributed by atoms with E-state index in [4.69, 9.17) is 0 Å². The number of aryl methyl sites for hydroxylation is 1. The summed E-state index contributed by atoms with van der Waals surface area (Å²) in [6.07, 6.45) is -7.75. The Morgan fingerprint density at radius 2 is 1.64 bits per heavy atom. The summed E-state index contributed by atoms with van der Waals surface area (Å²) in [4.78, 5) is 1.36. The quantitative estimate of drug-likeness (QED) is 0.783. The highest BCUT2D eigenvalue weighted by Crippen LogP contribution is 2.30. The molecule has 1 fully saturated rings. The number of rotatable bonds is 4. The van der Waals surface area contributed by atoms with Crippen molar-refractivity contribution < 1.29 is 26.3 Å². The fraction of sp³-hybridized carbons (Fsp3) is 0.688. The molecule has 156 valence electrons. The van der Waals surface area contributed by atoms with Gasteiger partial charge in [-0.05, 0) is 51.3 Å². The van der Waals surface area contributed by atoms with Gasteiger partial charge in [-0.3, -0.25) is 4.90 Å². The van der Waals surface area contributed by atoms with Crippen molar-refractivity contribution in [2.24, 2.45) is 5.92 Å². The largest absolute Gasteiger partial charge is 0.453 e. The van der Waals surface area contributed by atoms with E-state index < -0.39 is 24.7 Å². The van der Waals surface area contributed by atoms with E-state index in [-0.39, 0.29) is 17.4 Å². The molecule has 2 aromatic heterocycles. The molecule has 2 aromatic rings. The molecule has 0 unspecified atom stereocenters. The third kappa shape index (κ3) is 4.47. The van der Waals surface area contributed by atoms with Crippen LogP contribution in [-0.4, -0.2) is 57.1 Å². The summed E-state index contributed by atoms with van der Waals surface area (Å²) in [5, 5.41) is 13.8. The van der Waals surface area contributed by atoms with Crippen LogP contribution in [0.3, 0.4) is 0 Å². The molecule has 0 atom stereocenters. The molecule has 3 rings (SSSR count). The normalized spacial score (nSPS) is 17.4. The van der Waals surface area contributed by atoms with E-state index in [0.29, 0.717) is 48.1 Å². The molecule has 6 nitrogen and oxygen atoms in total. The Balaban J connectivity index is 1.69. The molecule has 0 radical (unpaired) electrons. The molecule has 0 amide bonds. The van der Waals surface area contributed by atoms with E-state index in [9.17, 15) is 26.3 Å². The minimum absolute atomic E-state index is 0.0378. The molecule has 1 aliphatic heterocycles. The van der Waals surface area contributed by atoms with Gasteiger partial charge in [-0.2, -0.15) is 30.9 Å². The minimum atomic E-state index is -4.68. The van der Waals surface area contributed by atoms with Crippen LogP contribution in [0.15, 0.2) is 0 Å². The van der Waals surface area contributed by atoms with Crippen molar-refractivity contribution in [2.45, 2.75) is 39.0 Å². The lowest BCUT2D eigenvalue weighted by molar-refractivity contribution is -0.148. The highest BCUT2D eigenvalue weighted by atomic mass is 19.4. The van der Waals surface area contributed by atoms with E-state index >= 15 is 0 Å². The maximum atomic E-state index is 13.1. The van der Waals surface area contributed by atoms with Gasteiger partial charge in [0.2, 0.25) is 0 Å². The highest BCUT2D eigenvalue weighted by molar-refractivity contribution is 5.58. The third-order valence-electron chi connectivity index (χ3n) is 5.02. The standard InChI is InChI=1S/C16H20F6N6/c1-9-10(2)13-24-25-14(16(20,21)22)28(13)26-12(9)23-7-11-3-5-27(6-4-11)8-15(17,18)19/h11H,3-8H2,1-2H3,(H,23,26). The van der Waals surface area contributed by atoms with Gasteiger partial charge < -0.3 is 5.32 Å². The second-order valence-corrected chi connectivity index (χ2v) is 7.07. The van der Waals surface area contributed by atoms with Crippen molar-refractivity contribution >= 4 is 11.5 Å². The zero-order chi connectivity index (χ0) is 20.7. The van der Waals surface area contributed by atoms with Crippen molar-refractivity contribution in [3.8, 4) is 0 Å². The van der Waals surface area contributed by atoms with Gasteiger partial charge in [0.1, 0.15) is 5.82 Å². The summed E-state index contributed by atoms with van der Waals surface area (Å²) < 4.78 is 77.3. The van der Waals surface area contributed by atoms with Crippen LogP contribution >= 0.6 is 0 Å². The summed E-state index contributed by atoms with van der Waals surface area (Å²) in [5.41, 5.74) is 1.22. The Morgan fingerprint density at radius 3 is 2.21 bits per heavy atom. The Hall–Kier alpha value is -2.11. The molecule has 1 saturated heterocycles. The first-order chi connectivity index (χ1) is 13.0. The minimum Gasteiger partial charge on any atom is -0.368 e. The predicted molar refractivity (Wildman–Crippen MR) is 89.0 cm³/mol. The van der Waals surface area contributed by atoms with Crippen molar-refractivity contribution in [1.29, 1.82) is 0 Å². The van der Waals surface area contributed by atoms with Crippen LogP contribution in [-0.2, 0) is 6.18 Å². The number of anilines is 1. The van der Waals surface area contributed by atoms with Crippen molar-refractivity contribution in [3.05, 3.63) is 17.0 Å². The Bertz CT molecular complexity index is 835. The van der Waals surface area contributed by atoms with Crippen LogP contribution in [0.2, 0.25) is 0 Å². The molecule has 28 heavy (non-hydrogen) atoms. The number of likely N-dealkylation sites (tertiary alicyclic amines) is 1. The number of aromatic nitrogens is 4. The first kappa shape index (κ1) is 20.6. The number of nitrogens with zero attached hydrogens (tertiary/aromatic N) is 5. The maximum Gasteiger partial charge on any atom is 0.453 e. The van der Waals surface area contributed by atoms with Gasteiger partial charge in [-0.15, -0.1) is 15.3 Å². The molecule has 0 saturated carbocycles. The molecule has 1 aliphatic rings. The fourth-order valence-electron chi connectivity index (χ4n) is 3.32. The number of halogens is 6. The SMILES string of the molecule is Cc1c(NCC2CCN(CC(F)(F)F)CC2)nn2c(C(F)(F)F)nnc2c1C. The summed E-state index contributed by atoms with van der Waals surface area (Å²) >= 11 is 0. The van der Waals surface area contributed by atoms with Crippen LogP contribution in [0, 0.1) is 19.8 Å². The smallest absolute Gasteiger partial charge is 0.368 e. The lowest BCUT2D eigenvalue weighted by atomic mass is 9.96. The molecule has 1 N–H and O–H groups in total. The van der Waals surface area contributed by atoms with Gasteiger partial charge in [0.25, 0.3) is 5.82 Å². The first-order valence-electron chi connectivity index (χ1n) is 8.78. The fourth-order valence-corrected chi connectivity index (χ4v) is 3.32. The molecule has 12 heteroatoms. The van der Waals surface area contributed by atoms with Gasteiger partial charge in [0, 0.05) is 12.1 Å². The van der Waals surface area contributed by atoms with Crippen LogP contribution in [0.1, 0.15) is 29.8 Å².